The van der Waals surface area contributed by atoms with Crippen molar-refractivity contribution < 1.29 is 4.92 Å². The Bertz CT molecular complexity index is 878. The number of benzene rings is 1. The van der Waals surface area contributed by atoms with E-state index in [4.69, 9.17) is 0 Å². The summed E-state index contributed by atoms with van der Waals surface area (Å²) in [4.78, 5) is 10.3. The number of anilines is 1. The molecule has 3 rings (SSSR count). The van der Waals surface area contributed by atoms with Gasteiger partial charge in [-0.25, -0.2) is 0 Å². The largest absolute Gasteiger partial charge is 0.380 e. The van der Waals surface area contributed by atoms with E-state index in [-0.39, 0.29) is 11.3 Å². The Morgan fingerprint density at radius 1 is 1.30 bits per heavy atom. The van der Waals surface area contributed by atoms with Crippen molar-refractivity contribution in [3.05, 3.63) is 75.4 Å². The summed E-state index contributed by atoms with van der Waals surface area (Å²) in [5.74, 6) is 0. The van der Waals surface area contributed by atoms with E-state index >= 15 is 0 Å². The first-order valence-electron chi connectivity index (χ1n) is 6.81. The van der Waals surface area contributed by atoms with Crippen LogP contribution in [0.5, 0.6) is 0 Å². The molecule has 114 valence electrons. The van der Waals surface area contributed by atoms with Crippen LogP contribution in [0.4, 0.5) is 11.4 Å². The van der Waals surface area contributed by atoms with Crippen molar-refractivity contribution in [1.82, 2.24) is 4.57 Å². The average molecular weight is 324 g/mol. The predicted octanol–water partition coefficient (Wildman–Crippen LogP) is 3.93. The number of thiophene rings is 1. The highest BCUT2D eigenvalue weighted by molar-refractivity contribution is 7.12. The van der Waals surface area contributed by atoms with Gasteiger partial charge in [-0.05, 0) is 29.6 Å². The van der Waals surface area contributed by atoms with Crippen LogP contribution in [0.1, 0.15) is 11.1 Å². The SMILES string of the molecule is N#Cc1cc([N+](=O)[O-])ccc1NCc1ccsc1-n1cccc1. The van der Waals surface area contributed by atoms with Gasteiger partial charge in [0.05, 0.1) is 16.2 Å². The van der Waals surface area contributed by atoms with Crippen LogP contribution in [-0.2, 0) is 6.54 Å². The quantitative estimate of drug-likeness (QED) is 0.569. The Balaban J connectivity index is 1.81. The lowest BCUT2D eigenvalue weighted by atomic mass is 10.1. The van der Waals surface area contributed by atoms with Gasteiger partial charge in [0, 0.05) is 36.6 Å². The van der Waals surface area contributed by atoms with Crippen molar-refractivity contribution in [2.45, 2.75) is 6.54 Å². The molecule has 2 aromatic heterocycles. The van der Waals surface area contributed by atoms with Gasteiger partial charge in [0.25, 0.3) is 5.69 Å². The summed E-state index contributed by atoms with van der Waals surface area (Å²) in [6.07, 6.45) is 3.95. The number of hydrogen-bond acceptors (Lipinski definition) is 5. The van der Waals surface area contributed by atoms with E-state index in [0.29, 0.717) is 12.2 Å². The summed E-state index contributed by atoms with van der Waals surface area (Å²) in [6, 6.07) is 12.2. The Morgan fingerprint density at radius 3 is 2.78 bits per heavy atom. The topological polar surface area (TPSA) is 83.9 Å². The molecule has 0 aliphatic heterocycles. The van der Waals surface area contributed by atoms with Gasteiger partial charge in [-0.2, -0.15) is 5.26 Å². The molecule has 0 amide bonds. The van der Waals surface area contributed by atoms with Crippen molar-refractivity contribution in [1.29, 1.82) is 5.26 Å². The molecule has 7 heteroatoms. The van der Waals surface area contributed by atoms with Gasteiger partial charge in [0.2, 0.25) is 0 Å². The normalized spacial score (nSPS) is 10.2. The number of non-ortho nitro benzene ring substituents is 1. The van der Waals surface area contributed by atoms with Gasteiger partial charge < -0.3 is 9.88 Å². The third-order valence-electron chi connectivity index (χ3n) is 3.37. The molecule has 23 heavy (non-hydrogen) atoms. The highest BCUT2D eigenvalue weighted by Gasteiger charge is 2.11. The first-order chi connectivity index (χ1) is 11.2. The lowest BCUT2D eigenvalue weighted by molar-refractivity contribution is -0.384. The maximum atomic E-state index is 10.8. The molecular weight excluding hydrogens is 312 g/mol. The zero-order valence-electron chi connectivity index (χ0n) is 12.0. The van der Waals surface area contributed by atoms with Crippen molar-refractivity contribution in [3.8, 4) is 11.1 Å². The molecule has 1 aromatic carbocycles. The third-order valence-corrected chi connectivity index (χ3v) is 4.33. The number of hydrogen-bond donors (Lipinski definition) is 1. The second-order valence-corrected chi connectivity index (χ2v) is 5.69. The fourth-order valence-electron chi connectivity index (χ4n) is 2.24. The molecule has 0 unspecified atom stereocenters. The Kier molecular flexibility index (Phi) is 4.08. The fourth-order valence-corrected chi connectivity index (χ4v) is 3.14. The number of nitrogens with one attached hydrogen (secondary N) is 1. The smallest absolute Gasteiger partial charge is 0.270 e. The van der Waals surface area contributed by atoms with E-state index in [1.165, 1.54) is 12.1 Å². The Hall–Kier alpha value is -3.11. The second kappa shape index (κ2) is 6.34. The van der Waals surface area contributed by atoms with Crippen LogP contribution in [0, 0.1) is 21.4 Å². The molecule has 0 fully saturated rings. The van der Waals surface area contributed by atoms with Crippen LogP contribution in [0.15, 0.2) is 54.2 Å². The predicted molar refractivity (Wildman–Crippen MR) is 88.8 cm³/mol. The minimum absolute atomic E-state index is 0.0873. The monoisotopic (exact) mass is 324 g/mol. The molecule has 6 nitrogen and oxygen atoms in total. The van der Waals surface area contributed by atoms with E-state index in [1.54, 1.807) is 17.4 Å². The zero-order valence-corrected chi connectivity index (χ0v) is 12.8. The van der Waals surface area contributed by atoms with Gasteiger partial charge in [-0.3, -0.25) is 10.1 Å². The minimum atomic E-state index is -0.506. The van der Waals surface area contributed by atoms with Crippen LogP contribution in [0.25, 0.3) is 5.00 Å². The van der Waals surface area contributed by atoms with E-state index in [0.717, 1.165) is 10.6 Å². The summed E-state index contributed by atoms with van der Waals surface area (Å²) in [7, 11) is 0. The van der Waals surface area contributed by atoms with Gasteiger partial charge in [0.15, 0.2) is 0 Å². The Morgan fingerprint density at radius 2 is 2.09 bits per heavy atom. The van der Waals surface area contributed by atoms with E-state index in [1.807, 2.05) is 46.6 Å². The molecule has 2 heterocycles. The highest BCUT2D eigenvalue weighted by Crippen LogP contribution is 2.25. The van der Waals surface area contributed by atoms with E-state index in [9.17, 15) is 15.4 Å². The molecule has 0 radical (unpaired) electrons. The van der Waals surface area contributed by atoms with Crippen LogP contribution < -0.4 is 5.32 Å². The van der Waals surface area contributed by atoms with Crippen molar-refractivity contribution >= 4 is 22.7 Å². The molecule has 3 aromatic rings. The highest BCUT2D eigenvalue weighted by atomic mass is 32.1. The third kappa shape index (κ3) is 3.07. The van der Waals surface area contributed by atoms with Gasteiger partial charge >= 0.3 is 0 Å². The molecule has 0 bridgehead atoms. The first-order valence-corrected chi connectivity index (χ1v) is 7.69. The zero-order chi connectivity index (χ0) is 16.2. The number of nitrogens with zero attached hydrogens (tertiary/aromatic N) is 3. The van der Waals surface area contributed by atoms with Crippen LogP contribution in [0.3, 0.4) is 0 Å². The number of rotatable bonds is 5. The van der Waals surface area contributed by atoms with Crippen LogP contribution >= 0.6 is 11.3 Å². The lowest BCUT2D eigenvalue weighted by Crippen LogP contribution is -2.03. The molecule has 0 spiro atoms. The summed E-state index contributed by atoms with van der Waals surface area (Å²) in [5, 5.41) is 26.2. The number of nitro groups is 1. The first kappa shape index (κ1) is 14.8. The number of nitro benzene ring substituents is 1. The number of nitriles is 1. The summed E-state index contributed by atoms with van der Waals surface area (Å²) < 4.78 is 2.03. The molecule has 0 saturated carbocycles. The fraction of sp³-hybridized carbons (Fsp3) is 0.0625. The maximum Gasteiger partial charge on any atom is 0.270 e. The molecule has 0 aliphatic carbocycles. The minimum Gasteiger partial charge on any atom is -0.380 e. The summed E-state index contributed by atoms with van der Waals surface area (Å²) >= 11 is 1.63. The maximum absolute atomic E-state index is 10.8. The molecule has 0 atom stereocenters. The Labute approximate surface area is 136 Å². The summed E-state index contributed by atoms with van der Waals surface area (Å²) in [5.41, 5.74) is 1.85. The van der Waals surface area contributed by atoms with Gasteiger partial charge in [0.1, 0.15) is 11.1 Å². The number of aromatic nitrogens is 1. The van der Waals surface area contributed by atoms with Gasteiger partial charge in [-0.1, -0.05) is 0 Å². The standard InChI is InChI=1S/C16H12N4O2S/c17-10-13-9-14(20(21)22)3-4-15(13)18-11-12-5-8-23-16(12)19-6-1-2-7-19/h1-9,18H,11H2. The lowest BCUT2D eigenvalue weighted by Gasteiger charge is -2.09. The van der Waals surface area contributed by atoms with E-state index < -0.39 is 4.92 Å². The second-order valence-electron chi connectivity index (χ2n) is 4.79. The van der Waals surface area contributed by atoms with Crippen LogP contribution in [-0.4, -0.2) is 9.49 Å². The summed E-state index contributed by atoms with van der Waals surface area (Å²) in [6.45, 7) is 0.531. The van der Waals surface area contributed by atoms with E-state index in [2.05, 4.69) is 5.32 Å². The molecule has 1 N–H and O–H groups in total. The van der Waals surface area contributed by atoms with Gasteiger partial charge in [-0.15, -0.1) is 11.3 Å². The van der Waals surface area contributed by atoms with Crippen molar-refractivity contribution in [3.63, 3.8) is 0 Å². The average Bonchev–Trinajstić information content (AvgIpc) is 3.23. The molecule has 0 aliphatic rings. The molecule has 0 saturated heterocycles. The van der Waals surface area contributed by atoms with Crippen molar-refractivity contribution in [2.24, 2.45) is 0 Å². The van der Waals surface area contributed by atoms with Crippen LogP contribution in [0.2, 0.25) is 0 Å². The van der Waals surface area contributed by atoms with Crippen molar-refractivity contribution in [2.75, 3.05) is 5.32 Å². The molecular formula is C16H12N4O2S.